The van der Waals surface area contributed by atoms with Gasteiger partial charge in [0.05, 0.1) is 0 Å². The van der Waals surface area contributed by atoms with Crippen molar-refractivity contribution in [1.29, 1.82) is 0 Å². The monoisotopic (exact) mass is 434 g/mol. The summed E-state index contributed by atoms with van der Waals surface area (Å²) in [5.74, 6) is 0.187. The van der Waals surface area contributed by atoms with E-state index < -0.39 is 10.0 Å². The molecular weight excluding hydrogens is 412 g/mol. The summed E-state index contributed by atoms with van der Waals surface area (Å²) in [6.45, 7) is 4.41. The van der Waals surface area contributed by atoms with E-state index in [1.165, 1.54) is 6.07 Å². The molecule has 31 heavy (non-hydrogen) atoms. The van der Waals surface area contributed by atoms with Crippen LogP contribution in [0.5, 0.6) is 0 Å². The Bertz CT molecular complexity index is 1240. The Hall–Kier alpha value is -3.52. The molecule has 0 spiro atoms. The molecule has 158 valence electrons. The van der Waals surface area contributed by atoms with E-state index in [0.29, 0.717) is 23.4 Å². The summed E-state index contributed by atoms with van der Waals surface area (Å²) in [5.41, 5.74) is 2.68. The molecule has 3 aromatic rings. The van der Waals surface area contributed by atoms with Crippen LogP contribution < -0.4 is 5.32 Å². The Morgan fingerprint density at radius 1 is 1.03 bits per heavy atom. The Morgan fingerprint density at radius 3 is 2.45 bits per heavy atom. The molecule has 1 N–H and O–H groups in total. The van der Waals surface area contributed by atoms with Gasteiger partial charge >= 0.3 is 0 Å². The lowest BCUT2D eigenvalue weighted by Crippen LogP contribution is -2.36. The van der Waals surface area contributed by atoms with Gasteiger partial charge in [-0.25, -0.2) is 0 Å². The lowest BCUT2D eigenvalue weighted by molar-refractivity contribution is 0.0690. The number of carbonyl (C=O) groups is 1. The van der Waals surface area contributed by atoms with E-state index in [-0.39, 0.29) is 22.7 Å². The number of hydrogen-bond acceptors (Lipinski definition) is 5. The lowest BCUT2D eigenvalue weighted by Gasteiger charge is -2.27. The molecule has 4 rings (SSSR count). The molecule has 0 fully saturated rings. The van der Waals surface area contributed by atoms with Crippen LogP contribution in [0.4, 0.5) is 5.69 Å². The molecule has 8 heteroatoms. The number of nitrogens with one attached hydrogen (secondary N) is 1. The zero-order valence-corrected chi connectivity index (χ0v) is 18.0. The Kier molecular flexibility index (Phi) is 5.56. The molecule has 0 unspecified atom stereocenters. The second-order valence-corrected chi connectivity index (χ2v) is 9.07. The second kappa shape index (κ2) is 8.31. The number of anilines is 1. The molecular formula is C23H22N4O3S. The molecule has 1 aromatic heterocycles. The normalized spacial score (nSPS) is 14.1. The van der Waals surface area contributed by atoms with Crippen LogP contribution in [-0.4, -0.2) is 36.1 Å². The van der Waals surface area contributed by atoms with Gasteiger partial charge in [-0.2, -0.15) is 8.42 Å². The van der Waals surface area contributed by atoms with E-state index in [1.807, 2.05) is 26.0 Å². The van der Waals surface area contributed by atoms with Gasteiger partial charge in [0.1, 0.15) is 4.90 Å². The third-order valence-electron chi connectivity index (χ3n) is 4.99. The lowest BCUT2D eigenvalue weighted by atomic mass is 10.1. The molecule has 0 saturated carbocycles. The highest BCUT2D eigenvalue weighted by atomic mass is 32.2. The van der Waals surface area contributed by atoms with E-state index in [0.717, 1.165) is 5.56 Å². The first-order valence-electron chi connectivity index (χ1n) is 9.86. The van der Waals surface area contributed by atoms with Gasteiger partial charge in [-0.15, -0.1) is 4.40 Å². The fraction of sp³-hybridized carbons (Fsp3) is 0.174. The predicted octanol–water partition coefficient (Wildman–Crippen LogP) is 3.69. The third-order valence-corrected chi connectivity index (χ3v) is 6.32. The highest BCUT2D eigenvalue weighted by molar-refractivity contribution is 7.90. The highest BCUT2D eigenvalue weighted by Gasteiger charge is 2.28. The van der Waals surface area contributed by atoms with E-state index in [2.05, 4.69) is 14.7 Å². The number of rotatable bonds is 5. The molecule has 2 aromatic carbocycles. The van der Waals surface area contributed by atoms with E-state index in [9.17, 15) is 13.2 Å². The van der Waals surface area contributed by atoms with Crippen LogP contribution in [0.3, 0.4) is 0 Å². The summed E-state index contributed by atoms with van der Waals surface area (Å²) in [6, 6.07) is 17.4. The topological polar surface area (TPSA) is 91.7 Å². The fourth-order valence-electron chi connectivity index (χ4n) is 3.37. The standard InChI is InChI=1S/C23H22N4O3S/c1-16(2)27(15-17-6-5-13-24-14-17)23(28)18-9-11-19(12-10-18)25-22-20-7-3-4-8-21(20)31(29,30)26-22/h3-14,16H,15H2,1-2H3,(H,25,26). The van der Waals surface area contributed by atoms with E-state index in [1.54, 1.807) is 59.8 Å². The Balaban J connectivity index is 1.52. The Morgan fingerprint density at radius 2 is 1.77 bits per heavy atom. The number of amides is 1. The SMILES string of the molecule is CC(C)N(Cc1cccnc1)C(=O)c1ccc(NC2=NS(=O)(=O)c3ccccc32)cc1. The van der Waals surface area contributed by atoms with Gasteiger partial charge in [-0.1, -0.05) is 18.2 Å². The van der Waals surface area contributed by atoms with Gasteiger partial charge in [0.2, 0.25) is 0 Å². The van der Waals surface area contributed by atoms with Crippen molar-refractivity contribution in [3.05, 3.63) is 89.7 Å². The first-order valence-corrected chi connectivity index (χ1v) is 11.3. The molecule has 2 heterocycles. The smallest absolute Gasteiger partial charge is 0.285 e. The van der Waals surface area contributed by atoms with Crippen molar-refractivity contribution in [2.24, 2.45) is 4.40 Å². The maximum absolute atomic E-state index is 13.1. The molecule has 0 atom stereocenters. The van der Waals surface area contributed by atoms with Crippen LogP contribution in [0.15, 0.2) is 82.4 Å². The highest BCUT2D eigenvalue weighted by Crippen LogP contribution is 2.27. The van der Waals surface area contributed by atoms with Gasteiger partial charge in [0.15, 0.2) is 5.84 Å². The van der Waals surface area contributed by atoms with Crippen molar-refractivity contribution in [2.75, 3.05) is 5.32 Å². The average Bonchev–Trinajstić information content (AvgIpc) is 3.03. The van der Waals surface area contributed by atoms with Crippen molar-refractivity contribution >= 4 is 27.5 Å². The largest absolute Gasteiger partial charge is 0.339 e. The van der Waals surface area contributed by atoms with Gasteiger partial charge in [0.25, 0.3) is 15.9 Å². The first-order chi connectivity index (χ1) is 14.8. The third kappa shape index (κ3) is 4.34. The molecule has 1 aliphatic heterocycles. The zero-order valence-electron chi connectivity index (χ0n) is 17.2. The summed E-state index contributed by atoms with van der Waals surface area (Å²) in [6.07, 6.45) is 3.46. The summed E-state index contributed by atoms with van der Waals surface area (Å²) in [5, 5.41) is 3.05. The van der Waals surface area contributed by atoms with Crippen molar-refractivity contribution < 1.29 is 13.2 Å². The molecule has 0 bridgehead atoms. The molecule has 1 amide bonds. The number of aromatic nitrogens is 1. The number of hydrogen-bond donors (Lipinski definition) is 1. The number of pyridine rings is 1. The summed E-state index contributed by atoms with van der Waals surface area (Å²) in [4.78, 5) is 19.2. The summed E-state index contributed by atoms with van der Waals surface area (Å²) < 4.78 is 28.2. The summed E-state index contributed by atoms with van der Waals surface area (Å²) in [7, 11) is -3.69. The van der Waals surface area contributed by atoms with Crippen LogP contribution in [0, 0.1) is 0 Å². The number of sulfonamides is 1. The number of benzene rings is 2. The predicted molar refractivity (Wildman–Crippen MR) is 119 cm³/mol. The minimum Gasteiger partial charge on any atom is -0.339 e. The van der Waals surface area contributed by atoms with E-state index in [4.69, 9.17) is 0 Å². The van der Waals surface area contributed by atoms with Gasteiger partial charge in [-0.05, 0) is 61.9 Å². The van der Waals surface area contributed by atoms with Gasteiger partial charge in [-0.3, -0.25) is 9.78 Å². The molecule has 0 saturated heterocycles. The summed E-state index contributed by atoms with van der Waals surface area (Å²) >= 11 is 0. The Labute approximate surface area is 181 Å². The number of nitrogens with zero attached hydrogens (tertiary/aromatic N) is 3. The molecule has 0 radical (unpaired) electrons. The van der Waals surface area contributed by atoms with E-state index >= 15 is 0 Å². The number of amidine groups is 1. The molecule has 0 aliphatic carbocycles. The van der Waals surface area contributed by atoms with Gasteiger partial charge in [0, 0.05) is 41.8 Å². The minimum absolute atomic E-state index is 0.0139. The van der Waals surface area contributed by atoms with Crippen LogP contribution in [-0.2, 0) is 16.6 Å². The van der Waals surface area contributed by atoms with Crippen molar-refractivity contribution in [1.82, 2.24) is 9.88 Å². The first kappa shape index (κ1) is 20.7. The molecule has 1 aliphatic rings. The second-order valence-electron chi connectivity index (χ2n) is 7.50. The zero-order chi connectivity index (χ0) is 22.0. The van der Waals surface area contributed by atoms with Crippen molar-refractivity contribution in [3.8, 4) is 0 Å². The minimum atomic E-state index is -3.69. The maximum Gasteiger partial charge on any atom is 0.285 e. The van der Waals surface area contributed by atoms with Crippen molar-refractivity contribution in [2.45, 2.75) is 31.3 Å². The van der Waals surface area contributed by atoms with Crippen molar-refractivity contribution in [3.63, 3.8) is 0 Å². The maximum atomic E-state index is 13.1. The average molecular weight is 435 g/mol. The van der Waals surface area contributed by atoms with Crippen LogP contribution in [0.2, 0.25) is 0 Å². The van der Waals surface area contributed by atoms with Crippen LogP contribution >= 0.6 is 0 Å². The quantitative estimate of drug-likeness (QED) is 0.661. The van der Waals surface area contributed by atoms with Crippen LogP contribution in [0.25, 0.3) is 0 Å². The molecule has 7 nitrogen and oxygen atoms in total. The fourth-order valence-corrected chi connectivity index (χ4v) is 4.55. The van der Waals surface area contributed by atoms with Gasteiger partial charge < -0.3 is 10.2 Å². The number of fused-ring (bicyclic) bond motifs is 1. The van der Waals surface area contributed by atoms with Crippen LogP contribution in [0.1, 0.15) is 35.3 Å². The number of carbonyl (C=O) groups excluding carboxylic acids is 1.